The second-order valence-electron chi connectivity index (χ2n) is 12.0. The molecule has 2 fully saturated rings. The van der Waals surface area contributed by atoms with E-state index >= 15 is 0 Å². The highest BCUT2D eigenvalue weighted by molar-refractivity contribution is 7.89. The van der Waals surface area contributed by atoms with Crippen molar-refractivity contribution in [2.75, 3.05) is 43.8 Å². The molecule has 4 rings (SSSR count). The summed E-state index contributed by atoms with van der Waals surface area (Å²) in [6, 6.07) is 4.00. The quantitative estimate of drug-likeness (QED) is 0.326. The molecular weight excluding hydrogens is 571 g/mol. The van der Waals surface area contributed by atoms with Gasteiger partial charge in [-0.2, -0.15) is 0 Å². The van der Waals surface area contributed by atoms with E-state index in [1.807, 2.05) is 20.8 Å². The van der Waals surface area contributed by atoms with E-state index in [0.717, 1.165) is 64.7 Å². The van der Waals surface area contributed by atoms with Gasteiger partial charge in [-0.05, 0) is 109 Å². The van der Waals surface area contributed by atoms with E-state index in [1.54, 1.807) is 18.0 Å². The molecule has 1 aliphatic heterocycles. The zero-order valence-electron chi connectivity index (χ0n) is 25.9. The van der Waals surface area contributed by atoms with Crippen LogP contribution in [-0.2, 0) is 10.0 Å². The fourth-order valence-corrected chi connectivity index (χ4v) is 6.99. The number of rotatable bonds is 13. The van der Waals surface area contributed by atoms with Gasteiger partial charge in [0.05, 0.1) is 17.5 Å². The third-order valence-corrected chi connectivity index (χ3v) is 10.1. The van der Waals surface area contributed by atoms with Crippen LogP contribution in [0.5, 0.6) is 11.5 Å². The number of sulfonamides is 1. The Bertz CT molecular complexity index is 1310. The van der Waals surface area contributed by atoms with Crippen LogP contribution in [0.2, 0.25) is 0 Å². The summed E-state index contributed by atoms with van der Waals surface area (Å²) in [4.78, 5) is 25.9. The van der Waals surface area contributed by atoms with E-state index in [0.29, 0.717) is 29.9 Å². The molecule has 0 atom stereocenters. The molecule has 1 aromatic heterocycles. The molecule has 0 unspecified atom stereocenters. The molecule has 1 amide bonds. The molecule has 2 heterocycles. The Hall–Kier alpha value is -2.83. The lowest BCUT2D eigenvalue weighted by Gasteiger charge is -2.36. The second kappa shape index (κ2) is 15.3. The Labute approximate surface area is 255 Å². The lowest BCUT2D eigenvalue weighted by molar-refractivity contribution is 0.0713. The molecule has 0 bridgehead atoms. The van der Waals surface area contributed by atoms with Crippen LogP contribution >= 0.6 is 0 Å². The maximum absolute atomic E-state index is 14.2. The third-order valence-electron chi connectivity index (χ3n) is 8.65. The summed E-state index contributed by atoms with van der Waals surface area (Å²) < 4.78 is 46.9. The predicted molar refractivity (Wildman–Crippen MR) is 166 cm³/mol. The van der Waals surface area contributed by atoms with Gasteiger partial charge in [-0.1, -0.05) is 0 Å². The fraction of sp³-hybridized carbons (Fsp3) is 0.645. The van der Waals surface area contributed by atoms with Gasteiger partial charge in [0, 0.05) is 31.7 Å². The van der Waals surface area contributed by atoms with Gasteiger partial charge in [0.15, 0.2) is 11.6 Å². The minimum atomic E-state index is -3.14. The van der Waals surface area contributed by atoms with E-state index in [-0.39, 0.29) is 35.1 Å². The monoisotopic (exact) mass is 618 g/mol. The molecule has 1 aliphatic carbocycles. The van der Waals surface area contributed by atoms with E-state index in [2.05, 4.69) is 24.9 Å². The van der Waals surface area contributed by atoms with Gasteiger partial charge in [0.1, 0.15) is 17.9 Å². The number of halogens is 1. The summed E-state index contributed by atoms with van der Waals surface area (Å²) in [6.45, 7) is 11.8. The number of benzene rings is 1. The lowest BCUT2D eigenvalue weighted by atomic mass is 9.85. The third kappa shape index (κ3) is 9.33. The van der Waals surface area contributed by atoms with Crippen LogP contribution in [0, 0.1) is 17.7 Å². The van der Waals surface area contributed by atoms with E-state index < -0.39 is 15.8 Å². The summed E-state index contributed by atoms with van der Waals surface area (Å²) in [5, 5.41) is 3.42. The number of ether oxygens (including phenoxy) is 1. The molecule has 0 spiro atoms. The molecule has 2 N–H and O–H groups in total. The van der Waals surface area contributed by atoms with Crippen molar-refractivity contribution in [2.24, 2.45) is 11.8 Å². The normalized spacial score (nSPS) is 20.2. The minimum Gasteiger partial charge on any atom is -0.451 e. The number of anilines is 1. The fourth-order valence-electron chi connectivity index (χ4n) is 6.08. The molecule has 0 radical (unpaired) electrons. The first-order valence-electron chi connectivity index (χ1n) is 15.6. The van der Waals surface area contributed by atoms with Gasteiger partial charge in [0.2, 0.25) is 10.0 Å². The number of amides is 1. The first kappa shape index (κ1) is 33.1. The topological polar surface area (TPSA) is 117 Å². The van der Waals surface area contributed by atoms with Crippen molar-refractivity contribution in [3.8, 4) is 11.5 Å². The Morgan fingerprint density at radius 3 is 2.47 bits per heavy atom. The van der Waals surface area contributed by atoms with Crippen LogP contribution in [0.1, 0.15) is 76.6 Å². The molecule has 10 nitrogen and oxygen atoms in total. The summed E-state index contributed by atoms with van der Waals surface area (Å²) in [7, 11) is -3.14. The van der Waals surface area contributed by atoms with Gasteiger partial charge < -0.3 is 19.9 Å². The smallest absolute Gasteiger partial charge is 0.257 e. The first-order chi connectivity index (χ1) is 20.6. The summed E-state index contributed by atoms with van der Waals surface area (Å²) in [5.74, 6) is 1.60. The van der Waals surface area contributed by atoms with Crippen LogP contribution in [0.3, 0.4) is 0 Å². The number of carbonyl (C=O) groups is 1. The molecular formula is C31H47FN6O4S. The van der Waals surface area contributed by atoms with Gasteiger partial charge in [-0.15, -0.1) is 0 Å². The van der Waals surface area contributed by atoms with Crippen molar-refractivity contribution >= 4 is 21.7 Å². The first-order valence-corrected chi connectivity index (χ1v) is 17.3. The minimum absolute atomic E-state index is 0.0404. The maximum atomic E-state index is 14.2. The Morgan fingerprint density at radius 2 is 1.81 bits per heavy atom. The molecule has 1 saturated carbocycles. The summed E-state index contributed by atoms with van der Waals surface area (Å²) in [6.07, 6.45) is 9.09. The second-order valence-corrected chi connectivity index (χ2v) is 14.1. The zero-order chi connectivity index (χ0) is 31.0. The number of hydrogen-bond acceptors (Lipinski definition) is 8. The largest absolute Gasteiger partial charge is 0.451 e. The SMILES string of the molecule is CCN(C(=O)c1cc(F)ccc1Oc1cncnc1NCC1CCN(CC2CCC(NS(=O)(=O)CC)CC2)CC1)C(C)C. The van der Waals surface area contributed by atoms with Crippen LogP contribution in [0.4, 0.5) is 10.2 Å². The highest BCUT2D eigenvalue weighted by atomic mass is 32.2. The van der Waals surface area contributed by atoms with Crippen molar-refractivity contribution in [3.05, 3.63) is 42.1 Å². The molecule has 1 aromatic carbocycles. The number of nitrogens with zero attached hydrogens (tertiary/aromatic N) is 4. The average Bonchev–Trinajstić information content (AvgIpc) is 2.99. The highest BCUT2D eigenvalue weighted by Crippen LogP contribution is 2.32. The van der Waals surface area contributed by atoms with Gasteiger partial charge in [0.25, 0.3) is 5.91 Å². The molecule has 238 valence electrons. The predicted octanol–water partition coefficient (Wildman–Crippen LogP) is 4.90. The van der Waals surface area contributed by atoms with Crippen LogP contribution < -0.4 is 14.8 Å². The van der Waals surface area contributed by atoms with Gasteiger partial charge in [-0.3, -0.25) is 4.79 Å². The van der Waals surface area contributed by atoms with E-state index in [4.69, 9.17) is 4.74 Å². The van der Waals surface area contributed by atoms with Gasteiger partial charge >= 0.3 is 0 Å². The van der Waals surface area contributed by atoms with Crippen molar-refractivity contribution in [1.29, 1.82) is 0 Å². The van der Waals surface area contributed by atoms with Crippen molar-refractivity contribution < 1.29 is 22.3 Å². The molecule has 2 aromatic rings. The Kier molecular flexibility index (Phi) is 11.7. The number of carbonyl (C=O) groups excluding carboxylic acids is 1. The number of hydrogen-bond donors (Lipinski definition) is 2. The maximum Gasteiger partial charge on any atom is 0.257 e. The zero-order valence-corrected chi connectivity index (χ0v) is 26.7. The Balaban J connectivity index is 1.28. The molecule has 43 heavy (non-hydrogen) atoms. The molecule has 1 saturated heterocycles. The van der Waals surface area contributed by atoms with Crippen LogP contribution in [0.25, 0.3) is 0 Å². The number of piperidine rings is 1. The standard InChI is InChI=1S/C31H47FN6O4S/c1-5-38(22(3)4)31(39)27-17-25(32)9-12-28(27)42-29-19-33-21-35-30(29)34-18-23-13-15-37(16-14-23)20-24-7-10-26(11-8-24)36-43(40,41)6-2/h9,12,17,19,21-24,26,36H,5-8,10-11,13-16,18,20H2,1-4H3,(H,33,34,35). The molecule has 2 aliphatic rings. The van der Waals surface area contributed by atoms with Crippen molar-refractivity contribution in [2.45, 2.75) is 78.3 Å². The highest BCUT2D eigenvalue weighted by Gasteiger charge is 2.28. The van der Waals surface area contributed by atoms with Crippen LogP contribution in [-0.4, -0.2) is 84.7 Å². The number of aromatic nitrogens is 2. The van der Waals surface area contributed by atoms with E-state index in [9.17, 15) is 17.6 Å². The van der Waals surface area contributed by atoms with Gasteiger partial charge in [-0.25, -0.2) is 27.5 Å². The summed E-state index contributed by atoms with van der Waals surface area (Å²) >= 11 is 0. The van der Waals surface area contributed by atoms with E-state index in [1.165, 1.54) is 24.5 Å². The number of nitrogens with one attached hydrogen (secondary N) is 2. The number of likely N-dealkylation sites (tertiary alicyclic amines) is 1. The lowest BCUT2D eigenvalue weighted by Crippen LogP contribution is -2.42. The molecule has 12 heteroatoms. The average molecular weight is 619 g/mol. The van der Waals surface area contributed by atoms with Crippen LogP contribution in [0.15, 0.2) is 30.7 Å². The Morgan fingerprint density at radius 1 is 1.09 bits per heavy atom. The summed E-state index contributed by atoms with van der Waals surface area (Å²) in [5.41, 5.74) is 0.161. The van der Waals surface area contributed by atoms with Crippen molar-refractivity contribution in [1.82, 2.24) is 24.5 Å². The van der Waals surface area contributed by atoms with Crippen molar-refractivity contribution in [3.63, 3.8) is 0 Å².